The molecule has 26 heavy (non-hydrogen) atoms. The Balaban J connectivity index is 1.94. The Morgan fingerprint density at radius 2 is 1.54 bits per heavy atom. The van der Waals surface area contributed by atoms with E-state index >= 15 is 0 Å². The molecule has 0 fully saturated rings. The molecule has 2 heterocycles. The van der Waals surface area contributed by atoms with Crippen LogP contribution in [0, 0.1) is 20.8 Å². The molecule has 0 atom stereocenters. The van der Waals surface area contributed by atoms with Crippen LogP contribution in [0.1, 0.15) is 16.7 Å². The second-order valence-electron chi connectivity index (χ2n) is 6.84. The first-order chi connectivity index (χ1) is 12.5. The van der Waals surface area contributed by atoms with Crippen LogP contribution in [-0.2, 0) is 0 Å². The second kappa shape index (κ2) is 6.34. The summed E-state index contributed by atoms with van der Waals surface area (Å²) in [6.07, 6.45) is 4.12. The van der Waals surface area contributed by atoms with E-state index in [0.717, 1.165) is 33.6 Å². The van der Waals surface area contributed by atoms with E-state index in [9.17, 15) is 0 Å². The Labute approximate surface area is 153 Å². The summed E-state index contributed by atoms with van der Waals surface area (Å²) in [5, 5.41) is 1.07. The number of aryl methyl sites for hydroxylation is 3. The molecule has 0 aliphatic rings. The average Bonchev–Trinajstić information content (AvgIpc) is 3.13. The van der Waals surface area contributed by atoms with Crippen LogP contribution in [0.15, 0.2) is 60.9 Å². The number of hydrogen-bond donors (Lipinski definition) is 0. The molecule has 0 unspecified atom stereocenters. The number of rotatable bonds is 3. The zero-order chi connectivity index (χ0) is 18.3. The molecule has 4 rings (SSSR count). The lowest BCUT2D eigenvalue weighted by Gasteiger charge is -2.14. The van der Waals surface area contributed by atoms with Gasteiger partial charge in [-0.2, -0.15) is 0 Å². The fraction of sp³-hybridized carbons (Fsp3) is 0.174. The van der Waals surface area contributed by atoms with E-state index in [-0.39, 0.29) is 0 Å². The maximum absolute atomic E-state index is 5.68. The van der Waals surface area contributed by atoms with Crippen molar-refractivity contribution in [2.45, 2.75) is 20.8 Å². The third-order valence-electron chi connectivity index (χ3n) is 4.70. The first-order valence-electron chi connectivity index (χ1n) is 8.76. The largest absolute Gasteiger partial charge is 0.494 e. The van der Waals surface area contributed by atoms with Crippen LogP contribution in [0.2, 0.25) is 0 Å². The molecule has 130 valence electrons. The fourth-order valence-corrected chi connectivity index (χ4v) is 3.54. The van der Waals surface area contributed by atoms with Crippen molar-refractivity contribution in [2.75, 3.05) is 7.11 Å². The van der Waals surface area contributed by atoms with Crippen LogP contribution >= 0.6 is 0 Å². The van der Waals surface area contributed by atoms with Gasteiger partial charge in [-0.3, -0.25) is 0 Å². The van der Waals surface area contributed by atoms with Gasteiger partial charge in [-0.05, 0) is 68.8 Å². The Kier molecular flexibility index (Phi) is 4.00. The number of benzene rings is 2. The molecule has 0 aliphatic carbocycles. The highest BCUT2D eigenvalue weighted by molar-refractivity contribution is 5.87. The fourth-order valence-electron chi connectivity index (χ4n) is 3.54. The van der Waals surface area contributed by atoms with Crippen molar-refractivity contribution in [2.24, 2.45) is 0 Å². The minimum absolute atomic E-state index is 0.796. The van der Waals surface area contributed by atoms with Gasteiger partial charge in [0.15, 0.2) is 0 Å². The minimum atomic E-state index is 0.796. The van der Waals surface area contributed by atoms with Crippen LogP contribution in [0.4, 0.5) is 0 Å². The molecule has 0 aliphatic heterocycles. The Bertz CT molecular complexity index is 1070. The highest BCUT2D eigenvalue weighted by Gasteiger charge is 2.13. The molecular weight excluding hydrogens is 320 g/mol. The van der Waals surface area contributed by atoms with Crippen molar-refractivity contribution in [3.63, 3.8) is 0 Å². The predicted molar refractivity (Wildman–Crippen MR) is 107 cm³/mol. The highest BCUT2D eigenvalue weighted by Crippen LogP contribution is 2.34. The topological polar surface area (TPSA) is 27.1 Å². The molecule has 0 saturated carbocycles. The van der Waals surface area contributed by atoms with Gasteiger partial charge in [0, 0.05) is 29.0 Å². The van der Waals surface area contributed by atoms with Gasteiger partial charge in [0.1, 0.15) is 11.4 Å². The standard InChI is InChI=1S/C23H22N2O/c1-15-9-16(2)11-19(10-15)23-22(26-4)14-18-13-21(25-7-5-6-8-25)17(3)12-20(18)24-23/h5-14H,1-4H3. The number of aromatic nitrogens is 2. The lowest BCUT2D eigenvalue weighted by molar-refractivity contribution is 0.415. The molecule has 0 radical (unpaired) electrons. The van der Waals surface area contributed by atoms with E-state index in [1.165, 1.54) is 16.7 Å². The highest BCUT2D eigenvalue weighted by atomic mass is 16.5. The number of ether oxygens (including phenoxy) is 1. The summed E-state index contributed by atoms with van der Waals surface area (Å²) in [5.74, 6) is 0.796. The number of fused-ring (bicyclic) bond motifs is 1. The first kappa shape index (κ1) is 16.4. The van der Waals surface area contributed by atoms with Crippen LogP contribution in [0.5, 0.6) is 5.75 Å². The van der Waals surface area contributed by atoms with Crippen molar-refractivity contribution in [1.82, 2.24) is 9.55 Å². The van der Waals surface area contributed by atoms with Crippen LogP contribution < -0.4 is 4.74 Å². The van der Waals surface area contributed by atoms with E-state index in [0.29, 0.717) is 0 Å². The number of hydrogen-bond acceptors (Lipinski definition) is 2. The van der Waals surface area contributed by atoms with E-state index < -0.39 is 0 Å². The van der Waals surface area contributed by atoms with E-state index in [4.69, 9.17) is 9.72 Å². The molecule has 0 N–H and O–H groups in total. The summed E-state index contributed by atoms with van der Waals surface area (Å²) in [6, 6.07) is 17.0. The Morgan fingerprint density at radius 3 is 2.19 bits per heavy atom. The number of pyridine rings is 1. The van der Waals surface area contributed by atoms with Gasteiger partial charge in [0.05, 0.1) is 12.6 Å². The summed E-state index contributed by atoms with van der Waals surface area (Å²) in [7, 11) is 1.70. The van der Waals surface area contributed by atoms with Gasteiger partial charge in [-0.25, -0.2) is 4.98 Å². The smallest absolute Gasteiger partial charge is 0.145 e. The predicted octanol–water partition coefficient (Wildman–Crippen LogP) is 5.63. The molecule has 3 heteroatoms. The SMILES string of the molecule is COc1cc2cc(-n3cccc3)c(C)cc2nc1-c1cc(C)cc(C)c1. The minimum Gasteiger partial charge on any atom is -0.494 e. The second-order valence-corrected chi connectivity index (χ2v) is 6.84. The van der Waals surface area contributed by atoms with Gasteiger partial charge < -0.3 is 9.30 Å². The molecular formula is C23H22N2O. The molecule has 3 nitrogen and oxygen atoms in total. The zero-order valence-electron chi connectivity index (χ0n) is 15.6. The summed E-state index contributed by atoms with van der Waals surface area (Å²) in [4.78, 5) is 4.95. The van der Waals surface area contributed by atoms with E-state index in [1.54, 1.807) is 7.11 Å². The molecule has 2 aromatic heterocycles. The summed E-state index contributed by atoms with van der Waals surface area (Å²) < 4.78 is 7.80. The van der Waals surface area contributed by atoms with Crippen LogP contribution in [-0.4, -0.2) is 16.7 Å². The van der Waals surface area contributed by atoms with Gasteiger partial charge >= 0.3 is 0 Å². The van der Waals surface area contributed by atoms with E-state index in [1.807, 2.05) is 12.1 Å². The molecule has 0 saturated heterocycles. The van der Waals surface area contributed by atoms with Crippen molar-refractivity contribution in [1.29, 1.82) is 0 Å². The molecule has 0 spiro atoms. The van der Waals surface area contributed by atoms with Crippen molar-refractivity contribution in [3.8, 4) is 22.7 Å². The summed E-state index contributed by atoms with van der Waals surface area (Å²) >= 11 is 0. The maximum atomic E-state index is 5.68. The number of methoxy groups -OCH3 is 1. The first-order valence-corrected chi connectivity index (χ1v) is 8.76. The van der Waals surface area contributed by atoms with Crippen molar-refractivity contribution >= 4 is 10.9 Å². The lowest BCUT2D eigenvalue weighted by atomic mass is 10.0. The molecule has 0 bridgehead atoms. The quantitative estimate of drug-likeness (QED) is 0.483. The lowest BCUT2D eigenvalue weighted by Crippen LogP contribution is -1.97. The average molecular weight is 342 g/mol. The van der Waals surface area contributed by atoms with E-state index in [2.05, 4.69) is 74.1 Å². The summed E-state index contributed by atoms with van der Waals surface area (Å²) in [6.45, 7) is 6.34. The van der Waals surface area contributed by atoms with Crippen molar-refractivity contribution < 1.29 is 4.74 Å². The maximum Gasteiger partial charge on any atom is 0.145 e. The van der Waals surface area contributed by atoms with Gasteiger partial charge in [0.25, 0.3) is 0 Å². The monoisotopic (exact) mass is 342 g/mol. The Hall–Kier alpha value is -3.07. The van der Waals surface area contributed by atoms with Crippen LogP contribution in [0.25, 0.3) is 27.8 Å². The molecule has 4 aromatic rings. The molecule has 0 amide bonds. The van der Waals surface area contributed by atoms with Gasteiger partial charge in [-0.15, -0.1) is 0 Å². The normalized spacial score (nSPS) is 11.1. The third kappa shape index (κ3) is 2.86. The van der Waals surface area contributed by atoms with Gasteiger partial charge in [0.2, 0.25) is 0 Å². The third-order valence-corrected chi connectivity index (χ3v) is 4.70. The zero-order valence-corrected chi connectivity index (χ0v) is 15.6. The van der Waals surface area contributed by atoms with Crippen molar-refractivity contribution in [3.05, 3.63) is 77.6 Å². The van der Waals surface area contributed by atoms with Crippen LogP contribution in [0.3, 0.4) is 0 Å². The van der Waals surface area contributed by atoms with Gasteiger partial charge in [-0.1, -0.05) is 17.2 Å². The molecule has 2 aromatic carbocycles. The number of nitrogens with zero attached hydrogens (tertiary/aromatic N) is 2. The Morgan fingerprint density at radius 1 is 0.846 bits per heavy atom. The summed E-state index contributed by atoms with van der Waals surface area (Å²) in [5.41, 5.74) is 7.76.